The summed E-state index contributed by atoms with van der Waals surface area (Å²) in [5.74, 6) is -0.859. The summed E-state index contributed by atoms with van der Waals surface area (Å²) in [7, 11) is 1.54. The SMILES string of the molecule is COc1cccc(C[C@H](C(=O)N2CCC[C@@H](C(F)(F)F)C2)n2nnnc2C)c1. The van der Waals surface area contributed by atoms with Crippen LogP contribution in [-0.4, -0.2) is 57.4 Å². The minimum absolute atomic E-state index is 0.0394. The van der Waals surface area contributed by atoms with Crippen LogP contribution in [0.4, 0.5) is 13.2 Å². The molecule has 1 fully saturated rings. The number of tetrazole rings is 1. The summed E-state index contributed by atoms with van der Waals surface area (Å²) in [6.45, 7) is 1.61. The lowest BCUT2D eigenvalue weighted by Crippen LogP contribution is -2.47. The Labute approximate surface area is 160 Å². The van der Waals surface area contributed by atoms with E-state index in [-0.39, 0.29) is 19.4 Å². The van der Waals surface area contributed by atoms with Crippen molar-refractivity contribution in [2.24, 2.45) is 5.92 Å². The summed E-state index contributed by atoms with van der Waals surface area (Å²) < 4.78 is 46.1. The predicted octanol–water partition coefficient (Wildman–Crippen LogP) is 2.57. The Bertz CT molecular complexity index is 824. The molecule has 1 aliphatic rings. The van der Waals surface area contributed by atoms with Gasteiger partial charge in [-0.3, -0.25) is 4.79 Å². The number of piperidine rings is 1. The molecule has 1 saturated heterocycles. The van der Waals surface area contributed by atoms with Crippen LogP contribution in [0.15, 0.2) is 24.3 Å². The van der Waals surface area contributed by atoms with E-state index in [1.54, 1.807) is 25.1 Å². The molecule has 1 aliphatic heterocycles. The van der Waals surface area contributed by atoms with E-state index in [4.69, 9.17) is 4.74 Å². The van der Waals surface area contributed by atoms with E-state index in [0.717, 1.165) is 5.56 Å². The second-order valence-corrected chi connectivity index (χ2v) is 6.91. The smallest absolute Gasteiger partial charge is 0.393 e. The van der Waals surface area contributed by atoms with Gasteiger partial charge < -0.3 is 9.64 Å². The topological polar surface area (TPSA) is 73.1 Å². The molecule has 0 N–H and O–H groups in total. The first-order valence-corrected chi connectivity index (χ1v) is 9.02. The average molecular weight is 397 g/mol. The maximum absolute atomic E-state index is 13.2. The summed E-state index contributed by atoms with van der Waals surface area (Å²) >= 11 is 0. The zero-order valence-corrected chi connectivity index (χ0v) is 15.7. The first-order valence-electron chi connectivity index (χ1n) is 9.02. The van der Waals surface area contributed by atoms with Crippen molar-refractivity contribution < 1.29 is 22.7 Å². The molecule has 7 nitrogen and oxygen atoms in total. The normalized spacial score (nSPS) is 18.8. The van der Waals surface area contributed by atoms with Gasteiger partial charge in [0, 0.05) is 19.5 Å². The molecule has 1 amide bonds. The van der Waals surface area contributed by atoms with Crippen molar-refractivity contribution in [3.63, 3.8) is 0 Å². The molecule has 0 unspecified atom stereocenters. The number of rotatable bonds is 5. The Kier molecular flexibility index (Phi) is 5.85. The number of alkyl halides is 3. The van der Waals surface area contributed by atoms with E-state index in [0.29, 0.717) is 24.5 Å². The van der Waals surface area contributed by atoms with E-state index < -0.39 is 24.0 Å². The second kappa shape index (κ2) is 8.15. The predicted molar refractivity (Wildman–Crippen MR) is 93.6 cm³/mol. The highest BCUT2D eigenvalue weighted by Gasteiger charge is 2.43. The van der Waals surface area contributed by atoms with Gasteiger partial charge in [0.05, 0.1) is 13.0 Å². The highest BCUT2D eigenvalue weighted by Crippen LogP contribution is 2.34. The number of ether oxygens (including phenoxy) is 1. The van der Waals surface area contributed by atoms with Gasteiger partial charge in [-0.2, -0.15) is 13.2 Å². The van der Waals surface area contributed by atoms with Crippen molar-refractivity contribution in [3.8, 4) is 5.75 Å². The Morgan fingerprint density at radius 2 is 2.18 bits per heavy atom. The number of amides is 1. The molecule has 2 heterocycles. The van der Waals surface area contributed by atoms with Crippen LogP contribution in [-0.2, 0) is 11.2 Å². The zero-order valence-electron chi connectivity index (χ0n) is 15.7. The molecular weight excluding hydrogens is 375 g/mol. The van der Waals surface area contributed by atoms with E-state index in [9.17, 15) is 18.0 Å². The van der Waals surface area contributed by atoms with Crippen molar-refractivity contribution in [2.45, 2.75) is 38.4 Å². The summed E-state index contributed by atoms with van der Waals surface area (Å²) in [6.07, 6.45) is -3.71. The van der Waals surface area contributed by atoms with E-state index in [1.807, 2.05) is 6.07 Å². The van der Waals surface area contributed by atoms with Gasteiger partial charge in [-0.15, -0.1) is 5.10 Å². The van der Waals surface area contributed by atoms with E-state index in [1.165, 1.54) is 16.7 Å². The van der Waals surface area contributed by atoms with Crippen molar-refractivity contribution in [1.29, 1.82) is 0 Å². The third kappa shape index (κ3) is 4.42. The van der Waals surface area contributed by atoms with Crippen molar-refractivity contribution in [3.05, 3.63) is 35.7 Å². The first-order chi connectivity index (χ1) is 13.3. The lowest BCUT2D eigenvalue weighted by molar-refractivity contribution is -0.188. The van der Waals surface area contributed by atoms with Crippen molar-refractivity contribution in [2.75, 3.05) is 20.2 Å². The molecule has 0 spiro atoms. The number of nitrogens with zero attached hydrogens (tertiary/aromatic N) is 5. The molecule has 152 valence electrons. The minimum atomic E-state index is -4.31. The molecule has 28 heavy (non-hydrogen) atoms. The average Bonchev–Trinajstić information content (AvgIpc) is 3.11. The zero-order chi connectivity index (χ0) is 20.3. The number of aryl methyl sites for hydroxylation is 1. The van der Waals surface area contributed by atoms with Gasteiger partial charge in [0.2, 0.25) is 5.91 Å². The van der Waals surface area contributed by atoms with E-state index >= 15 is 0 Å². The fourth-order valence-corrected chi connectivity index (χ4v) is 3.48. The van der Waals surface area contributed by atoms with Crippen LogP contribution in [0.1, 0.15) is 30.3 Å². The fourth-order valence-electron chi connectivity index (χ4n) is 3.48. The molecular formula is C18H22F3N5O2. The summed E-state index contributed by atoms with van der Waals surface area (Å²) in [4.78, 5) is 14.5. The molecule has 0 saturated carbocycles. The van der Waals surface area contributed by atoms with Gasteiger partial charge in [-0.05, 0) is 47.9 Å². The molecule has 1 aromatic heterocycles. The number of methoxy groups -OCH3 is 1. The maximum atomic E-state index is 13.2. The van der Waals surface area contributed by atoms with Gasteiger partial charge in [0.25, 0.3) is 0 Å². The van der Waals surface area contributed by atoms with Crippen LogP contribution >= 0.6 is 0 Å². The van der Waals surface area contributed by atoms with Crippen molar-refractivity contribution in [1.82, 2.24) is 25.1 Å². The minimum Gasteiger partial charge on any atom is -0.497 e. The number of benzene rings is 1. The second-order valence-electron chi connectivity index (χ2n) is 6.91. The summed E-state index contributed by atoms with van der Waals surface area (Å²) in [5.41, 5.74) is 0.803. The molecule has 0 bridgehead atoms. The number of carbonyl (C=O) groups is 1. The third-order valence-corrected chi connectivity index (χ3v) is 5.00. The van der Waals surface area contributed by atoms with Gasteiger partial charge in [0.15, 0.2) is 0 Å². The number of carbonyl (C=O) groups excluding carboxylic acids is 1. The lowest BCUT2D eigenvalue weighted by atomic mass is 9.96. The lowest BCUT2D eigenvalue weighted by Gasteiger charge is -2.35. The molecule has 0 radical (unpaired) electrons. The number of hydrogen-bond acceptors (Lipinski definition) is 5. The monoisotopic (exact) mass is 397 g/mol. The highest BCUT2D eigenvalue weighted by atomic mass is 19.4. The van der Waals surface area contributed by atoms with Gasteiger partial charge in [-0.1, -0.05) is 12.1 Å². The Morgan fingerprint density at radius 1 is 1.39 bits per heavy atom. The van der Waals surface area contributed by atoms with Crippen LogP contribution in [0.3, 0.4) is 0 Å². The Morgan fingerprint density at radius 3 is 2.82 bits per heavy atom. The quantitative estimate of drug-likeness (QED) is 0.775. The summed E-state index contributed by atoms with van der Waals surface area (Å²) in [5, 5.41) is 11.3. The van der Waals surface area contributed by atoms with Crippen molar-refractivity contribution >= 4 is 5.91 Å². The standard InChI is InChI=1S/C18H22F3N5O2/c1-12-22-23-24-26(12)16(10-13-5-3-7-15(9-13)28-2)17(27)25-8-4-6-14(11-25)18(19,20)21/h3,5,7,9,14,16H,4,6,8,10-11H2,1-2H3/t14-,16-/m1/s1. The van der Waals surface area contributed by atoms with Gasteiger partial charge >= 0.3 is 6.18 Å². The van der Waals surface area contributed by atoms with Crippen LogP contribution in [0.5, 0.6) is 5.75 Å². The van der Waals surface area contributed by atoms with Gasteiger partial charge in [-0.25, -0.2) is 4.68 Å². The highest BCUT2D eigenvalue weighted by molar-refractivity contribution is 5.81. The van der Waals surface area contributed by atoms with Crippen LogP contribution in [0.25, 0.3) is 0 Å². The maximum Gasteiger partial charge on any atom is 0.393 e. The first kappa shape index (κ1) is 20.1. The van der Waals surface area contributed by atoms with Gasteiger partial charge in [0.1, 0.15) is 17.6 Å². The van der Waals surface area contributed by atoms with Crippen LogP contribution < -0.4 is 4.74 Å². The Hall–Kier alpha value is -2.65. The van der Waals surface area contributed by atoms with Crippen LogP contribution in [0.2, 0.25) is 0 Å². The number of aromatic nitrogens is 4. The molecule has 2 atom stereocenters. The third-order valence-electron chi connectivity index (χ3n) is 5.00. The number of hydrogen-bond donors (Lipinski definition) is 0. The molecule has 3 rings (SSSR count). The van der Waals surface area contributed by atoms with E-state index in [2.05, 4.69) is 15.5 Å². The number of halogens is 3. The largest absolute Gasteiger partial charge is 0.497 e. The summed E-state index contributed by atoms with van der Waals surface area (Å²) in [6, 6.07) is 6.37. The molecule has 0 aliphatic carbocycles. The fraction of sp³-hybridized carbons (Fsp3) is 0.556. The molecule has 10 heteroatoms. The molecule has 1 aromatic carbocycles. The molecule has 2 aromatic rings. The Balaban J connectivity index is 1.86. The van der Waals surface area contributed by atoms with Crippen LogP contribution in [0, 0.1) is 12.8 Å². The number of likely N-dealkylation sites (tertiary alicyclic amines) is 1.